The van der Waals surface area contributed by atoms with Crippen LogP contribution >= 0.6 is 0 Å². The smallest absolute Gasteiger partial charge is 0.244 e. The zero-order chi connectivity index (χ0) is 24.0. The maximum Gasteiger partial charge on any atom is 0.244 e. The van der Waals surface area contributed by atoms with Crippen molar-refractivity contribution < 1.29 is 13.2 Å². The largest absolute Gasteiger partial charge is 0.339 e. The van der Waals surface area contributed by atoms with Gasteiger partial charge in [0.2, 0.25) is 15.9 Å². The number of amides is 1. The van der Waals surface area contributed by atoms with Crippen LogP contribution in [0.4, 0.5) is 0 Å². The molecule has 3 rings (SSSR count). The number of nitrogens with zero attached hydrogens (tertiary/aromatic N) is 1. The lowest BCUT2D eigenvalue weighted by atomic mass is 9.95. The van der Waals surface area contributed by atoms with Crippen LogP contribution in [0.15, 0.2) is 79.4 Å². The topological polar surface area (TPSA) is 78.5 Å². The molecule has 0 aliphatic carbocycles. The molecule has 33 heavy (non-hydrogen) atoms. The van der Waals surface area contributed by atoms with Gasteiger partial charge in [-0.2, -0.15) is 0 Å². The van der Waals surface area contributed by atoms with Gasteiger partial charge in [-0.15, -0.1) is 0 Å². The number of hydrogen-bond acceptors (Lipinski definition) is 4. The van der Waals surface area contributed by atoms with Gasteiger partial charge in [0.05, 0.1) is 6.26 Å². The number of carbonyl (C=O) groups is 1. The Kier molecular flexibility index (Phi) is 8.02. The van der Waals surface area contributed by atoms with Crippen LogP contribution in [-0.2, 0) is 21.2 Å². The molecule has 0 bridgehead atoms. The number of sulfonamides is 1. The summed E-state index contributed by atoms with van der Waals surface area (Å²) in [5, 5.41) is 5.28. The average Bonchev–Trinajstić information content (AvgIpc) is 2.81. The molecule has 0 aliphatic rings. The Hall–Kier alpha value is -3.00. The van der Waals surface area contributed by atoms with E-state index in [1.807, 2.05) is 72.8 Å². The van der Waals surface area contributed by atoms with Crippen molar-refractivity contribution in [3.05, 3.63) is 90.5 Å². The maximum absolute atomic E-state index is 13.5. The number of benzene rings is 3. The second kappa shape index (κ2) is 10.7. The Morgan fingerprint density at radius 2 is 1.64 bits per heavy atom. The zero-order valence-electron chi connectivity index (χ0n) is 19.3. The first-order valence-corrected chi connectivity index (χ1v) is 12.7. The summed E-state index contributed by atoms with van der Waals surface area (Å²) in [4.78, 5) is 15.1. The predicted molar refractivity (Wildman–Crippen MR) is 135 cm³/mol. The SMILES string of the molecule is C=C(c1ccc2ccccc2c1)[C@@H](NC)C(=O)N(C)[C@@H](CNS(C)(=O)=O)Cc1ccccc1. The molecule has 3 aromatic carbocycles. The number of likely N-dealkylation sites (N-methyl/N-ethyl adjacent to an activating group) is 2. The van der Waals surface area contributed by atoms with E-state index < -0.39 is 16.1 Å². The molecular weight excluding hydrogens is 434 g/mol. The Morgan fingerprint density at radius 1 is 1.00 bits per heavy atom. The summed E-state index contributed by atoms with van der Waals surface area (Å²) in [6.07, 6.45) is 1.64. The van der Waals surface area contributed by atoms with Crippen LogP contribution in [0.25, 0.3) is 16.3 Å². The van der Waals surface area contributed by atoms with Crippen LogP contribution in [0, 0.1) is 0 Å². The van der Waals surface area contributed by atoms with Gasteiger partial charge >= 0.3 is 0 Å². The fourth-order valence-corrected chi connectivity index (χ4v) is 4.36. The first-order chi connectivity index (χ1) is 15.7. The number of fused-ring (bicyclic) bond motifs is 1. The molecular formula is C26H31N3O3S. The first-order valence-electron chi connectivity index (χ1n) is 10.8. The molecule has 174 valence electrons. The Balaban J connectivity index is 1.84. The number of nitrogens with one attached hydrogen (secondary N) is 2. The van der Waals surface area contributed by atoms with Gasteiger partial charge in [0.25, 0.3) is 0 Å². The van der Waals surface area contributed by atoms with Crippen molar-refractivity contribution in [2.45, 2.75) is 18.5 Å². The normalized spacial score (nSPS) is 13.4. The summed E-state index contributed by atoms with van der Waals surface area (Å²) in [6.45, 7) is 4.33. The lowest BCUT2D eigenvalue weighted by Gasteiger charge is -2.32. The first kappa shape index (κ1) is 24.6. The van der Waals surface area contributed by atoms with Crippen molar-refractivity contribution in [3.8, 4) is 0 Å². The molecule has 0 saturated carbocycles. The summed E-state index contributed by atoms with van der Waals surface area (Å²) in [5.41, 5.74) is 2.56. The van der Waals surface area contributed by atoms with Gasteiger partial charge in [0.1, 0.15) is 6.04 Å². The van der Waals surface area contributed by atoms with Crippen molar-refractivity contribution in [1.29, 1.82) is 0 Å². The van der Waals surface area contributed by atoms with Crippen molar-refractivity contribution in [1.82, 2.24) is 14.9 Å². The number of hydrogen-bond donors (Lipinski definition) is 2. The summed E-state index contributed by atoms with van der Waals surface area (Å²) in [5.74, 6) is -0.174. The summed E-state index contributed by atoms with van der Waals surface area (Å²) < 4.78 is 26.0. The third-order valence-corrected chi connectivity index (χ3v) is 6.49. The molecule has 3 aromatic rings. The van der Waals surface area contributed by atoms with Crippen LogP contribution < -0.4 is 10.0 Å². The van der Waals surface area contributed by atoms with Crippen molar-refractivity contribution >= 4 is 32.3 Å². The monoisotopic (exact) mass is 465 g/mol. The fourth-order valence-electron chi connectivity index (χ4n) is 3.87. The lowest BCUT2D eigenvalue weighted by molar-refractivity contribution is -0.132. The van der Waals surface area contributed by atoms with Crippen LogP contribution in [0.1, 0.15) is 11.1 Å². The molecule has 0 aromatic heterocycles. The Morgan fingerprint density at radius 3 is 2.27 bits per heavy atom. The van der Waals surface area contributed by atoms with E-state index in [9.17, 15) is 13.2 Å². The van der Waals surface area contributed by atoms with E-state index >= 15 is 0 Å². The van der Waals surface area contributed by atoms with Gasteiger partial charge in [-0.1, -0.05) is 73.3 Å². The van der Waals surface area contributed by atoms with Gasteiger partial charge in [0.15, 0.2) is 0 Å². The van der Waals surface area contributed by atoms with E-state index in [1.54, 1.807) is 19.0 Å². The highest BCUT2D eigenvalue weighted by molar-refractivity contribution is 7.88. The van der Waals surface area contributed by atoms with Gasteiger partial charge in [-0.25, -0.2) is 13.1 Å². The highest BCUT2D eigenvalue weighted by Gasteiger charge is 2.29. The summed E-state index contributed by atoms with van der Waals surface area (Å²) in [6, 6.07) is 22.8. The maximum atomic E-state index is 13.5. The summed E-state index contributed by atoms with van der Waals surface area (Å²) in [7, 11) is 0.0343. The van der Waals surface area contributed by atoms with Gasteiger partial charge in [0, 0.05) is 19.6 Å². The third-order valence-electron chi connectivity index (χ3n) is 5.79. The van der Waals surface area contributed by atoms with Crippen LogP contribution in [0.5, 0.6) is 0 Å². The molecule has 0 unspecified atom stereocenters. The van der Waals surface area contributed by atoms with E-state index in [2.05, 4.69) is 16.6 Å². The molecule has 0 aliphatic heterocycles. The molecule has 0 radical (unpaired) electrons. The van der Waals surface area contributed by atoms with Crippen LogP contribution in [0.2, 0.25) is 0 Å². The van der Waals surface area contributed by atoms with Crippen LogP contribution in [-0.4, -0.2) is 58.2 Å². The second-order valence-corrected chi connectivity index (χ2v) is 10.1. The Bertz CT molecular complexity index is 1230. The summed E-state index contributed by atoms with van der Waals surface area (Å²) >= 11 is 0. The van der Waals surface area contributed by atoms with E-state index in [-0.39, 0.29) is 18.5 Å². The van der Waals surface area contributed by atoms with Gasteiger partial charge < -0.3 is 10.2 Å². The van der Waals surface area contributed by atoms with Crippen molar-refractivity contribution in [3.63, 3.8) is 0 Å². The third kappa shape index (κ3) is 6.51. The zero-order valence-corrected chi connectivity index (χ0v) is 20.1. The molecule has 0 spiro atoms. The second-order valence-electron chi connectivity index (χ2n) is 8.22. The molecule has 1 amide bonds. The van der Waals surface area contributed by atoms with E-state index in [0.717, 1.165) is 28.2 Å². The minimum atomic E-state index is -3.40. The molecule has 2 N–H and O–H groups in total. The minimum absolute atomic E-state index is 0.120. The van der Waals surface area contributed by atoms with E-state index in [4.69, 9.17) is 0 Å². The highest BCUT2D eigenvalue weighted by atomic mass is 32.2. The molecule has 0 heterocycles. The van der Waals surface area contributed by atoms with Crippen molar-refractivity contribution in [2.24, 2.45) is 0 Å². The van der Waals surface area contributed by atoms with E-state index in [0.29, 0.717) is 12.0 Å². The fraction of sp³-hybridized carbons (Fsp3) is 0.269. The molecule has 0 fully saturated rings. The Labute approximate surface area is 196 Å². The van der Waals surface area contributed by atoms with Crippen LogP contribution in [0.3, 0.4) is 0 Å². The molecule has 2 atom stereocenters. The predicted octanol–water partition coefficient (Wildman–Crippen LogP) is 3.06. The highest BCUT2D eigenvalue weighted by Crippen LogP contribution is 2.24. The number of carbonyl (C=O) groups excluding carboxylic acids is 1. The average molecular weight is 466 g/mol. The lowest BCUT2D eigenvalue weighted by Crippen LogP contribution is -2.52. The molecule has 7 heteroatoms. The standard InChI is InChI=1S/C26H31N3O3S/c1-19(22-15-14-21-12-8-9-13-23(21)17-22)25(27-2)26(30)29(3)24(18-28-33(4,31)32)16-20-10-6-5-7-11-20/h5-15,17,24-25,27-28H,1,16,18H2,2-4H3/t24-,25-/m1/s1. The van der Waals surface area contributed by atoms with Gasteiger partial charge in [-0.3, -0.25) is 4.79 Å². The quantitative estimate of drug-likeness (QED) is 0.482. The van der Waals surface area contributed by atoms with Crippen molar-refractivity contribution in [2.75, 3.05) is 26.9 Å². The number of rotatable bonds is 10. The van der Waals surface area contributed by atoms with Gasteiger partial charge in [-0.05, 0) is 47.0 Å². The molecule has 0 saturated heterocycles. The van der Waals surface area contributed by atoms with E-state index in [1.165, 1.54) is 0 Å². The molecule has 6 nitrogen and oxygen atoms in total. The minimum Gasteiger partial charge on any atom is -0.339 e.